The summed E-state index contributed by atoms with van der Waals surface area (Å²) in [6.07, 6.45) is 9.20. The number of anilines is 5. The minimum absolute atomic E-state index is 0.0583. The summed E-state index contributed by atoms with van der Waals surface area (Å²) in [5, 5.41) is 24.4. The van der Waals surface area contributed by atoms with Crippen LogP contribution in [0.15, 0.2) is 67.4 Å². The molecular formula is C49H70N10O9S. The quantitative estimate of drug-likeness (QED) is 0.0206. The highest BCUT2D eigenvalue weighted by Gasteiger charge is 2.52. The average molecular weight is 975 g/mol. The topological polar surface area (TPSA) is 244 Å². The van der Waals surface area contributed by atoms with Gasteiger partial charge in [-0.05, 0) is 88.8 Å². The van der Waals surface area contributed by atoms with Crippen LogP contribution < -0.4 is 47.3 Å². The lowest BCUT2D eigenvalue weighted by Gasteiger charge is -2.29. The number of thioether (sulfide) groups is 1. The third-order valence-electron chi connectivity index (χ3n) is 11.3. The standard InChI is InChI=1S/C49H70N10O9S/c1-4-42(60)54-36-13-7-14-37(31-36)55-46-35(2)33-53-47(58-46)56-38-15-8-16-39(32-38)68-26-12-23-52-45(63)20-9-19-44(62)51-22-11-25-66-28-30-67-29-27-65-24-10-21-50-43(61)18-6-5-17-41-49(3)40(34-69-41)57-48(64)59-49/h4,7-8,13-16,31-33,40-41H,1,5-6,9-12,17-30,34H2,2-3H3,(H,50,61)(H,51,62)(H,52,63)(H,54,60)(H2,57,59,64)(H2,53,55,56,58)/t40-,41-,49-/m0/s1. The Kier molecular flexibility index (Phi) is 23.3. The van der Waals surface area contributed by atoms with Crippen molar-refractivity contribution < 1.29 is 42.9 Å². The van der Waals surface area contributed by atoms with E-state index in [9.17, 15) is 24.0 Å². The summed E-state index contributed by atoms with van der Waals surface area (Å²) in [5.74, 6) is 2.13. The maximum atomic E-state index is 12.3. The molecule has 2 aromatic carbocycles. The van der Waals surface area contributed by atoms with Crippen LogP contribution in [0.2, 0.25) is 0 Å². The first kappa shape index (κ1) is 54.0. The third kappa shape index (κ3) is 19.9. The summed E-state index contributed by atoms with van der Waals surface area (Å²) in [4.78, 5) is 69.2. The van der Waals surface area contributed by atoms with Crippen molar-refractivity contribution in [3.63, 3.8) is 0 Å². The molecule has 6 amide bonds. The second-order valence-corrected chi connectivity index (χ2v) is 18.2. The van der Waals surface area contributed by atoms with Crippen LogP contribution in [-0.4, -0.2) is 128 Å². The third-order valence-corrected chi connectivity index (χ3v) is 13.0. The Balaban J connectivity index is 0.776. The van der Waals surface area contributed by atoms with Gasteiger partial charge in [0.1, 0.15) is 11.6 Å². The number of ether oxygens (including phenoxy) is 4. The molecule has 0 radical (unpaired) electrons. The van der Waals surface area contributed by atoms with Gasteiger partial charge in [-0.15, -0.1) is 0 Å². The van der Waals surface area contributed by atoms with E-state index in [0.29, 0.717) is 120 Å². The van der Waals surface area contributed by atoms with Crippen LogP contribution in [0, 0.1) is 6.92 Å². The molecular weight excluding hydrogens is 905 g/mol. The van der Waals surface area contributed by atoms with Crippen molar-refractivity contribution in [3.05, 3.63) is 72.9 Å². The van der Waals surface area contributed by atoms with Crippen LogP contribution in [-0.2, 0) is 33.4 Å². The van der Waals surface area contributed by atoms with E-state index in [-0.39, 0.29) is 54.1 Å². The van der Waals surface area contributed by atoms with Gasteiger partial charge in [-0.2, -0.15) is 16.7 Å². The van der Waals surface area contributed by atoms with Crippen LogP contribution in [0.3, 0.4) is 0 Å². The summed E-state index contributed by atoms with van der Waals surface area (Å²) >= 11 is 1.90. The number of aryl methyl sites for hydroxylation is 1. The Hall–Kier alpha value is -5.96. The van der Waals surface area contributed by atoms with Gasteiger partial charge in [-0.25, -0.2) is 9.78 Å². The number of amides is 6. The molecule has 2 aliphatic heterocycles. The zero-order valence-corrected chi connectivity index (χ0v) is 40.8. The van der Waals surface area contributed by atoms with E-state index in [1.54, 1.807) is 18.3 Å². The molecule has 0 unspecified atom stereocenters. The second-order valence-electron chi connectivity index (χ2n) is 16.9. The van der Waals surface area contributed by atoms with E-state index in [1.807, 2.05) is 55.1 Å². The number of carbonyl (C=O) groups is 5. The molecule has 0 spiro atoms. The van der Waals surface area contributed by atoms with Crippen molar-refractivity contribution in [1.29, 1.82) is 0 Å². The van der Waals surface area contributed by atoms with E-state index in [2.05, 4.69) is 66.0 Å². The SMILES string of the molecule is C=CC(=O)Nc1cccc(Nc2nc(Nc3cccc(OCCCNC(=O)CCCC(=O)NCCCOCCOCCOCCCNC(=O)CCCC[C@@H]4SC[C@@H]5NC(=O)N[C@@]54C)c3)ncc2C)c1. The van der Waals surface area contributed by atoms with Crippen molar-refractivity contribution in [2.45, 2.75) is 94.9 Å². The number of nitrogens with zero attached hydrogens (tertiary/aromatic N) is 2. The number of aromatic nitrogens is 2. The molecule has 69 heavy (non-hydrogen) atoms. The number of nitrogens with one attached hydrogen (secondary N) is 8. The molecule has 0 saturated carbocycles. The normalized spacial score (nSPS) is 16.9. The predicted molar refractivity (Wildman–Crippen MR) is 268 cm³/mol. The molecule has 2 aliphatic rings. The van der Waals surface area contributed by atoms with Crippen molar-refractivity contribution in [2.75, 3.05) is 87.6 Å². The Bertz CT molecular complexity index is 2130. The first-order valence-corrected chi connectivity index (χ1v) is 24.9. The molecule has 2 saturated heterocycles. The minimum atomic E-state index is -0.296. The summed E-state index contributed by atoms with van der Waals surface area (Å²) < 4.78 is 22.6. The molecule has 0 aliphatic carbocycles. The molecule has 8 N–H and O–H groups in total. The molecule has 5 rings (SSSR count). The lowest BCUT2D eigenvalue weighted by atomic mass is 9.88. The maximum absolute atomic E-state index is 12.3. The number of benzene rings is 2. The number of unbranched alkanes of at least 4 members (excludes halogenated alkanes) is 1. The molecule has 376 valence electrons. The first-order chi connectivity index (χ1) is 33.5. The lowest BCUT2D eigenvalue weighted by molar-refractivity contribution is -0.123. The maximum Gasteiger partial charge on any atom is 0.315 e. The highest BCUT2D eigenvalue weighted by molar-refractivity contribution is 8.00. The van der Waals surface area contributed by atoms with Gasteiger partial charge in [0.15, 0.2) is 0 Å². The fraction of sp³-hybridized carbons (Fsp3) is 0.531. The van der Waals surface area contributed by atoms with Gasteiger partial charge < -0.3 is 61.5 Å². The molecule has 2 fully saturated rings. The lowest BCUT2D eigenvalue weighted by Crippen LogP contribution is -2.50. The van der Waals surface area contributed by atoms with Crippen LogP contribution in [0.4, 0.5) is 33.6 Å². The molecule has 19 nitrogen and oxygen atoms in total. The summed E-state index contributed by atoms with van der Waals surface area (Å²) in [7, 11) is 0. The van der Waals surface area contributed by atoms with Crippen molar-refractivity contribution in [2.24, 2.45) is 0 Å². The highest BCUT2D eigenvalue weighted by atomic mass is 32.2. The Morgan fingerprint density at radius 2 is 1.36 bits per heavy atom. The number of hydrogen-bond donors (Lipinski definition) is 8. The summed E-state index contributed by atoms with van der Waals surface area (Å²) in [6, 6.07) is 14.8. The summed E-state index contributed by atoms with van der Waals surface area (Å²) in [5.41, 5.74) is 2.74. The van der Waals surface area contributed by atoms with E-state index in [4.69, 9.17) is 18.9 Å². The Labute approximate surface area is 409 Å². The second kappa shape index (κ2) is 29.8. The minimum Gasteiger partial charge on any atom is -0.493 e. The van der Waals surface area contributed by atoms with Gasteiger partial charge in [0.05, 0.1) is 44.6 Å². The van der Waals surface area contributed by atoms with Crippen molar-refractivity contribution in [1.82, 2.24) is 36.6 Å². The molecule has 3 heterocycles. The van der Waals surface area contributed by atoms with Gasteiger partial charge in [0.25, 0.3) is 0 Å². The van der Waals surface area contributed by atoms with Crippen LogP contribution in [0.5, 0.6) is 5.75 Å². The Morgan fingerprint density at radius 3 is 2.03 bits per heavy atom. The number of carbonyl (C=O) groups excluding carboxylic acids is 5. The number of fused-ring (bicyclic) bond motifs is 1. The molecule has 3 aromatic rings. The monoisotopic (exact) mass is 975 g/mol. The van der Waals surface area contributed by atoms with Gasteiger partial charge in [0.2, 0.25) is 29.6 Å². The highest BCUT2D eigenvalue weighted by Crippen LogP contribution is 2.41. The molecule has 1 aromatic heterocycles. The fourth-order valence-electron chi connectivity index (χ4n) is 7.52. The Morgan fingerprint density at radius 1 is 0.768 bits per heavy atom. The van der Waals surface area contributed by atoms with Crippen LogP contribution >= 0.6 is 11.8 Å². The average Bonchev–Trinajstić information content (AvgIpc) is 3.79. The van der Waals surface area contributed by atoms with E-state index in [1.165, 1.54) is 6.08 Å². The van der Waals surface area contributed by atoms with Crippen LogP contribution in [0.25, 0.3) is 0 Å². The smallest absolute Gasteiger partial charge is 0.315 e. The van der Waals surface area contributed by atoms with E-state index < -0.39 is 0 Å². The van der Waals surface area contributed by atoms with Gasteiger partial charge in [-0.3, -0.25) is 19.2 Å². The molecule has 20 heteroatoms. The van der Waals surface area contributed by atoms with Crippen molar-refractivity contribution >= 4 is 70.3 Å². The molecule has 3 atom stereocenters. The van der Waals surface area contributed by atoms with Gasteiger partial charge in [0, 0.05) is 98.0 Å². The number of urea groups is 1. The van der Waals surface area contributed by atoms with Gasteiger partial charge >= 0.3 is 6.03 Å². The van der Waals surface area contributed by atoms with Crippen molar-refractivity contribution in [3.8, 4) is 5.75 Å². The largest absolute Gasteiger partial charge is 0.493 e. The van der Waals surface area contributed by atoms with E-state index >= 15 is 0 Å². The fourth-order valence-corrected chi connectivity index (χ4v) is 9.27. The summed E-state index contributed by atoms with van der Waals surface area (Å²) in [6.45, 7) is 12.3. The number of hydrogen-bond acceptors (Lipinski definition) is 14. The van der Waals surface area contributed by atoms with Crippen LogP contribution in [0.1, 0.15) is 76.7 Å². The zero-order valence-electron chi connectivity index (χ0n) is 40.0. The van der Waals surface area contributed by atoms with E-state index in [0.717, 1.165) is 48.4 Å². The molecule has 0 bridgehead atoms. The number of rotatable bonds is 34. The first-order valence-electron chi connectivity index (χ1n) is 23.9. The predicted octanol–water partition coefficient (Wildman–Crippen LogP) is 5.63. The zero-order chi connectivity index (χ0) is 49.1. The van der Waals surface area contributed by atoms with Gasteiger partial charge in [-0.1, -0.05) is 25.1 Å².